The van der Waals surface area contributed by atoms with Crippen LogP contribution >= 0.6 is 0 Å². The average molecular weight is 176 g/mol. The first-order chi connectivity index (χ1) is 6.07. The van der Waals surface area contributed by atoms with Gasteiger partial charge in [-0.25, -0.2) is 9.78 Å². The van der Waals surface area contributed by atoms with Crippen LogP contribution in [0.15, 0.2) is 6.20 Å². The number of hydrogen-bond acceptors (Lipinski definition) is 3. The quantitative estimate of drug-likeness (QED) is 0.616. The van der Waals surface area contributed by atoms with E-state index in [4.69, 9.17) is 17.3 Å². The van der Waals surface area contributed by atoms with Gasteiger partial charge in [-0.1, -0.05) is 5.92 Å². The Morgan fingerprint density at radius 1 is 1.77 bits per heavy atom. The van der Waals surface area contributed by atoms with Crippen molar-refractivity contribution in [1.82, 2.24) is 4.98 Å². The first-order valence-corrected chi connectivity index (χ1v) is 3.53. The lowest BCUT2D eigenvalue weighted by Crippen LogP contribution is -2.06. The lowest BCUT2D eigenvalue weighted by atomic mass is 10.1. The number of nitrogen functional groups attached to an aromatic ring is 1. The smallest absolute Gasteiger partial charge is 0.337 e. The fraction of sp³-hybridized carbons (Fsp3) is 0.111. The fourth-order valence-electron chi connectivity index (χ4n) is 1.02. The molecule has 4 heteroatoms. The Hall–Kier alpha value is -2.02. The molecule has 0 atom stereocenters. The van der Waals surface area contributed by atoms with Crippen molar-refractivity contribution in [3.05, 3.63) is 22.9 Å². The van der Waals surface area contributed by atoms with E-state index >= 15 is 0 Å². The molecule has 3 N–H and O–H groups in total. The summed E-state index contributed by atoms with van der Waals surface area (Å²) in [6.07, 6.45) is 6.36. The van der Waals surface area contributed by atoms with Crippen LogP contribution in [0.1, 0.15) is 21.5 Å². The Morgan fingerprint density at radius 2 is 2.38 bits per heavy atom. The molecule has 0 aromatic carbocycles. The molecule has 0 unspecified atom stereocenters. The molecule has 0 saturated heterocycles. The number of rotatable bonds is 1. The van der Waals surface area contributed by atoms with Crippen molar-refractivity contribution in [3.63, 3.8) is 0 Å². The number of carbonyl (C=O) groups is 1. The fourth-order valence-corrected chi connectivity index (χ4v) is 1.02. The van der Waals surface area contributed by atoms with Crippen LogP contribution in [0.5, 0.6) is 0 Å². The molecule has 0 aliphatic heterocycles. The summed E-state index contributed by atoms with van der Waals surface area (Å²) in [5, 5.41) is 8.73. The predicted molar refractivity (Wildman–Crippen MR) is 48.3 cm³/mol. The molecular weight excluding hydrogens is 168 g/mol. The van der Waals surface area contributed by atoms with E-state index in [1.807, 2.05) is 0 Å². The molecule has 4 nitrogen and oxygen atoms in total. The molecule has 1 aromatic rings. The minimum absolute atomic E-state index is 0.0853. The molecule has 0 radical (unpaired) electrons. The van der Waals surface area contributed by atoms with E-state index in [1.165, 1.54) is 6.20 Å². The zero-order valence-corrected chi connectivity index (χ0v) is 7.03. The number of carboxylic acids is 1. The number of aromatic carboxylic acids is 1. The second-order valence-corrected chi connectivity index (χ2v) is 2.51. The number of hydrogen-bond donors (Lipinski definition) is 2. The number of nitrogens with two attached hydrogens (primary N) is 1. The molecule has 0 bridgehead atoms. The van der Waals surface area contributed by atoms with Crippen LogP contribution < -0.4 is 5.73 Å². The van der Waals surface area contributed by atoms with E-state index in [0.29, 0.717) is 11.1 Å². The van der Waals surface area contributed by atoms with Gasteiger partial charge in [0.15, 0.2) is 0 Å². The van der Waals surface area contributed by atoms with E-state index < -0.39 is 5.97 Å². The van der Waals surface area contributed by atoms with Crippen LogP contribution in [0.25, 0.3) is 0 Å². The van der Waals surface area contributed by atoms with Gasteiger partial charge in [0, 0.05) is 6.20 Å². The van der Waals surface area contributed by atoms with Crippen molar-refractivity contribution < 1.29 is 9.90 Å². The van der Waals surface area contributed by atoms with Gasteiger partial charge in [-0.15, -0.1) is 6.42 Å². The molecule has 0 saturated carbocycles. The van der Waals surface area contributed by atoms with Gasteiger partial charge in [0.25, 0.3) is 0 Å². The standard InChI is InChI=1S/C9H8N2O2/c1-3-6-5(2)7(9(12)13)4-11-8(6)10/h1,4H,2H3,(H2,10,11)(H,12,13). The van der Waals surface area contributed by atoms with Crippen LogP contribution in [0.3, 0.4) is 0 Å². The second kappa shape index (κ2) is 3.15. The van der Waals surface area contributed by atoms with Gasteiger partial charge < -0.3 is 10.8 Å². The van der Waals surface area contributed by atoms with E-state index in [1.54, 1.807) is 6.92 Å². The van der Waals surface area contributed by atoms with Crippen LogP contribution in [-0.2, 0) is 0 Å². The zero-order valence-electron chi connectivity index (χ0n) is 7.03. The lowest BCUT2D eigenvalue weighted by molar-refractivity contribution is 0.0695. The molecule has 0 spiro atoms. The van der Waals surface area contributed by atoms with Crippen molar-refractivity contribution in [2.45, 2.75) is 6.92 Å². The Kier molecular flexibility index (Phi) is 2.20. The van der Waals surface area contributed by atoms with E-state index in [0.717, 1.165) is 0 Å². The topological polar surface area (TPSA) is 76.2 Å². The van der Waals surface area contributed by atoms with Crippen molar-refractivity contribution in [2.24, 2.45) is 0 Å². The summed E-state index contributed by atoms with van der Waals surface area (Å²) < 4.78 is 0. The van der Waals surface area contributed by atoms with E-state index in [-0.39, 0.29) is 11.4 Å². The average Bonchev–Trinajstić information content (AvgIpc) is 2.04. The molecular formula is C9H8N2O2. The van der Waals surface area contributed by atoms with E-state index in [2.05, 4.69) is 10.9 Å². The van der Waals surface area contributed by atoms with Gasteiger partial charge in [0.05, 0.1) is 11.1 Å². The highest BCUT2D eigenvalue weighted by atomic mass is 16.4. The van der Waals surface area contributed by atoms with Gasteiger partial charge in [-0.2, -0.15) is 0 Å². The Balaban J connectivity index is 3.47. The molecule has 66 valence electrons. The molecule has 0 aliphatic carbocycles. The van der Waals surface area contributed by atoms with Crippen LogP contribution in [-0.4, -0.2) is 16.1 Å². The van der Waals surface area contributed by atoms with Crippen molar-refractivity contribution in [3.8, 4) is 12.3 Å². The molecule has 1 aromatic heterocycles. The SMILES string of the molecule is C#Cc1c(N)ncc(C(=O)O)c1C. The predicted octanol–water partition coefficient (Wildman–Crippen LogP) is 0.652. The maximum atomic E-state index is 10.7. The Labute approximate surface area is 75.4 Å². The minimum Gasteiger partial charge on any atom is -0.478 e. The number of carboxylic acid groups (broad SMARTS) is 1. The van der Waals surface area contributed by atoms with Crippen molar-refractivity contribution in [1.29, 1.82) is 0 Å². The number of aromatic nitrogens is 1. The third-order valence-corrected chi connectivity index (χ3v) is 1.74. The number of nitrogens with zero attached hydrogens (tertiary/aromatic N) is 1. The largest absolute Gasteiger partial charge is 0.478 e. The summed E-state index contributed by atoms with van der Waals surface area (Å²) >= 11 is 0. The molecule has 1 heterocycles. The maximum absolute atomic E-state index is 10.7. The minimum atomic E-state index is -1.05. The van der Waals surface area contributed by atoms with E-state index in [9.17, 15) is 4.79 Å². The third-order valence-electron chi connectivity index (χ3n) is 1.74. The summed E-state index contributed by atoms with van der Waals surface area (Å²) in [6.45, 7) is 1.61. The molecule has 0 aliphatic rings. The van der Waals surface area contributed by atoms with Crippen LogP contribution in [0, 0.1) is 19.3 Å². The van der Waals surface area contributed by atoms with Crippen molar-refractivity contribution >= 4 is 11.8 Å². The van der Waals surface area contributed by atoms with Gasteiger partial charge >= 0.3 is 5.97 Å². The second-order valence-electron chi connectivity index (χ2n) is 2.51. The number of pyridine rings is 1. The monoisotopic (exact) mass is 176 g/mol. The summed E-state index contributed by atoms with van der Waals surface area (Å²) in [6, 6.07) is 0. The number of terminal acetylenes is 1. The molecule has 1 rings (SSSR count). The van der Waals surface area contributed by atoms with Gasteiger partial charge in [0.2, 0.25) is 0 Å². The molecule has 13 heavy (non-hydrogen) atoms. The van der Waals surface area contributed by atoms with Gasteiger partial charge in [-0.05, 0) is 12.5 Å². The zero-order chi connectivity index (χ0) is 10.0. The molecule has 0 amide bonds. The lowest BCUT2D eigenvalue weighted by Gasteiger charge is -2.04. The third kappa shape index (κ3) is 1.44. The summed E-state index contributed by atoms with van der Waals surface area (Å²) in [7, 11) is 0. The van der Waals surface area contributed by atoms with Crippen LogP contribution in [0.2, 0.25) is 0 Å². The number of anilines is 1. The maximum Gasteiger partial charge on any atom is 0.337 e. The highest BCUT2D eigenvalue weighted by molar-refractivity contribution is 5.90. The summed E-state index contributed by atoms with van der Waals surface area (Å²) in [5.41, 5.74) is 6.36. The highest BCUT2D eigenvalue weighted by Crippen LogP contribution is 2.16. The first kappa shape index (κ1) is 9.07. The normalized spacial score (nSPS) is 9.23. The van der Waals surface area contributed by atoms with Crippen LogP contribution in [0.4, 0.5) is 5.82 Å². The summed E-state index contributed by atoms with van der Waals surface area (Å²) in [4.78, 5) is 14.3. The van der Waals surface area contributed by atoms with Gasteiger partial charge in [0.1, 0.15) is 5.82 Å². The Bertz CT molecular complexity index is 405. The summed E-state index contributed by atoms with van der Waals surface area (Å²) in [5.74, 6) is 1.44. The highest BCUT2D eigenvalue weighted by Gasteiger charge is 2.12. The Morgan fingerprint density at radius 3 is 2.85 bits per heavy atom. The van der Waals surface area contributed by atoms with Crippen molar-refractivity contribution in [2.75, 3.05) is 5.73 Å². The molecule has 0 fully saturated rings. The first-order valence-electron chi connectivity index (χ1n) is 3.53. The van der Waals surface area contributed by atoms with Gasteiger partial charge in [-0.3, -0.25) is 0 Å².